The van der Waals surface area contributed by atoms with Gasteiger partial charge in [-0.1, -0.05) is 30.3 Å². The summed E-state index contributed by atoms with van der Waals surface area (Å²) in [6, 6.07) is 9.57. The molecular weight excluding hydrogens is 272 g/mol. The minimum atomic E-state index is -0.227. The molecule has 0 bridgehead atoms. The Kier molecular flexibility index (Phi) is 6.22. The largest absolute Gasteiger partial charge is 0.461 e. The molecule has 1 heterocycles. The number of benzene rings is 1. The second-order valence-electron chi connectivity index (χ2n) is 4.98. The quantitative estimate of drug-likeness (QED) is 0.543. The fraction of sp³-hybridized carbons (Fsp3) is 0.500. The van der Waals surface area contributed by atoms with Crippen molar-refractivity contribution < 1.29 is 23.8 Å². The molecule has 0 amide bonds. The zero-order chi connectivity index (χ0) is 14.9. The SMILES string of the molecule is O=C(CCCOCC1CCC(=O)O1)OCc1ccccc1. The van der Waals surface area contributed by atoms with Gasteiger partial charge in [0.1, 0.15) is 12.7 Å². The van der Waals surface area contributed by atoms with E-state index in [4.69, 9.17) is 14.2 Å². The van der Waals surface area contributed by atoms with Crippen LogP contribution in [-0.4, -0.2) is 31.3 Å². The van der Waals surface area contributed by atoms with Gasteiger partial charge in [0, 0.05) is 19.4 Å². The maximum absolute atomic E-state index is 11.5. The molecule has 0 aliphatic carbocycles. The summed E-state index contributed by atoms with van der Waals surface area (Å²) < 4.78 is 15.6. The number of hydrogen-bond donors (Lipinski definition) is 0. The molecule has 21 heavy (non-hydrogen) atoms. The Morgan fingerprint density at radius 2 is 2.10 bits per heavy atom. The fourth-order valence-electron chi connectivity index (χ4n) is 2.04. The average Bonchev–Trinajstić information content (AvgIpc) is 2.91. The van der Waals surface area contributed by atoms with Crippen LogP contribution < -0.4 is 0 Å². The molecule has 1 unspecified atom stereocenters. The summed E-state index contributed by atoms with van der Waals surface area (Å²) >= 11 is 0. The first kappa shape index (κ1) is 15.5. The molecule has 0 spiro atoms. The Hall–Kier alpha value is -1.88. The Morgan fingerprint density at radius 1 is 1.29 bits per heavy atom. The lowest BCUT2D eigenvalue weighted by molar-refractivity contribution is -0.145. The van der Waals surface area contributed by atoms with Crippen LogP contribution in [0.25, 0.3) is 0 Å². The molecule has 1 fully saturated rings. The highest BCUT2D eigenvalue weighted by molar-refractivity contribution is 5.71. The van der Waals surface area contributed by atoms with Gasteiger partial charge >= 0.3 is 11.9 Å². The molecule has 0 radical (unpaired) electrons. The predicted octanol–water partition coefficient (Wildman–Crippen LogP) is 2.23. The van der Waals surface area contributed by atoms with E-state index in [9.17, 15) is 9.59 Å². The van der Waals surface area contributed by atoms with Gasteiger partial charge in [0.25, 0.3) is 0 Å². The van der Waals surface area contributed by atoms with Gasteiger partial charge in [-0.05, 0) is 18.4 Å². The highest BCUT2D eigenvalue weighted by Crippen LogP contribution is 2.13. The van der Waals surface area contributed by atoms with Gasteiger partial charge in [-0.25, -0.2) is 0 Å². The van der Waals surface area contributed by atoms with E-state index in [1.54, 1.807) is 0 Å². The van der Waals surface area contributed by atoms with Crippen molar-refractivity contribution in [3.8, 4) is 0 Å². The van der Waals surface area contributed by atoms with E-state index in [1.807, 2.05) is 30.3 Å². The van der Waals surface area contributed by atoms with Crippen molar-refractivity contribution in [2.45, 2.75) is 38.4 Å². The molecule has 0 aromatic heterocycles. The molecule has 0 N–H and O–H groups in total. The molecular formula is C16H20O5. The summed E-state index contributed by atoms with van der Waals surface area (Å²) in [5, 5.41) is 0. The second kappa shape index (κ2) is 8.42. The lowest BCUT2D eigenvalue weighted by Gasteiger charge is -2.09. The number of hydrogen-bond acceptors (Lipinski definition) is 5. The maximum atomic E-state index is 11.5. The van der Waals surface area contributed by atoms with Gasteiger partial charge in [-0.15, -0.1) is 0 Å². The smallest absolute Gasteiger partial charge is 0.306 e. The molecule has 1 aromatic rings. The predicted molar refractivity (Wildman–Crippen MR) is 75.4 cm³/mol. The van der Waals surface area contributed by atoms with E-state index in [0.29, 0.717) is 39.1 Å². The second-order valence-corrected chi connectivity index (χ2v) is 4.98. The molecule has 1 atom stereocenters. The van der Waals surface area contributed by atoms with Crippen LogP contribution in [0.3, 0.4) is 0 Å². The maximum Gasteiger partial charge on any atom is 0.306 e. The lowest BCUT2D eigenvalue weighted by Crippen LogP contribution is -2.16. The average molecular weight is 292 g/mol. The van der Waals surface area contributed by atoms with Gasteiger partial charge in [0.2, 0.25) is 0 Å². The van der Waals surface area contributed by atoms with E-state index >= 15 is 0 Å². The van der Waals surface area contributed by atoms with E-state index < -0.39 is 0 Å². The van der Waals surface area contributed by atoms with Crippen LogP contribution >= 0.6 is 0 Å². The molecule has 5 heteroatoms. The molecule has 0 saturated carbocycles. The standard InChI is InChI=1S/C16H20O5/c17-15(20-11-13-5-2-1-3-6-13)7-4-10-19-12-14-8-9-16(18)21-14/h1-3,5-6,14H,4,7-12H2. The minimum Gasteiger partial charge on any atom is -0.461 e. The summed E-state index contributed by atoms with van der Waals surface area (Å²) in [6.45, 7) is 1.18. The van der Waals surface area contributed by atoms with Crippen molar-refractivity contribution >= 4 is 11.9 Å². The molecule has 5 nitrogen and oxygen atoms in total. The number of esters is 2. The molecule has 1 aliphatic heterocycles. The van der Waals surface area contributed by atoms with Gasteiger partial charge in [0.15, 0.2) is 0 Å². The van der Waals surface area contributed by atoms with Crippen molar-refractivity contribution in [3.63, 3.8) is 0 Å². The third-order valence-electron chi connectivity index (χ3n) is 3.18. The molecule has 1 saturated heterocycles. The summed E-state index contributed by atoms with van der Waals surface area (Å²) in [6.07, 6.45) is 2.01. The first-order chi connectivity index (χ1) is 10.2. The third-order valence-corrected chi connectivity index (χ3v) is 3.18. The van der Waals surface area contributed by atoms with Gasteiger partial charge in [-0.2, -0.15) is 0 Å². The summed E-state index contributed by atoms with van der Waals surface area (Å²) in [5.74, 6) is -0.386. The lowest BCUT2D eigenvalue weighted by atomic mass is 10.2. The van der Waals surface area contributed by atoms with E-state index in [1.165, 1.54) is 0 Å². The van der Waals surface area contributed by atoms with Crippen LogP contribution in [0.2, 0.25) is 0 Å². The van der Waals surface area contributed by atoms with Crippen LogP contribution in [0.15, 0.2) is 30.3 Å². The Balaban J connectivity index is 1.48. The van der Waals surface area contributed by atoms with Gasteiger partial charge in [-0.3, -0.25) is 9.59 Å². The molecule has 1 aliphatic rings. The Labute approximate surface area is 124 Å². The van der Waals surface area contributed by atoms with Gasteiger partial charge < -0.3 is 14.2 Å². The number of ether oxygens (including phenoxy) is 3. The fourth-order valence-corrected chi connectivity index (χ4v) is 2.04. The number of carbonyl (C=O) groups excluding carboxylic acids is 2. The molecule has 1 aromatic carbocycles. The normalized spacial score (nSPS) is 17.5. The topological polar surface area (TPSA) is 61.8 Å². The number of cyclic esters (lactones) is 1. The first-order valence-corrected chi connectivity index (χ1v) is 7.21. The van der Waals surface area contributed by atoms with Crippen LogP contribution in [0, 0.1) is 0 Å². The summed E-state index contributed by atoms with van der Waals surface area (Å²) in [5.41, 5.74) is 0.977. The Morgan fingerprint density at radius 3 is 2.81 bits per heavy atom. The number of rotatable bonds is 8. The minimum absolute atomic E-state index is 0.123. The monoisotopic (exact) mass is 292 g/mol. The van der Waals surface area contributed by atoms with E-state index in [2.05, 4.69) is 0 Å². The third kappa shape index (κ3) is 5.95. The first-order valence-electron chi connectivity index (χ1n) is 7.21. The van der Waals surface area contributed by atoms with Crippen LogP contribution in [0.5, 0.6) is 0 Å². The van der Waals surface area contributed by atoms with Crippen molar-refractivity contribution in [1.82, 2.24) is 0 Å². The van der Waals surface area contributed by atoms with Crippen molar-refractivity contribution in [2.75, 3.05) is 13.2 Å². The van der Waals surface area contributed by atoms with Crippen molar-refractivity contribution in [1.29, 1.82) is 0 Å². The highest BCUT2D eigenvalue weighted by Gasteiger charge is 2.22. The summed E-state index contributed by atoms with van der Waals surface area (Å²) in [4.78, 5) is 22.4. The molecule has 114 valence electrons. The zero-order valence-corrected chi connectivity index (χ0v) is 12.0. The van der Waals surface area contributed by atoms with Crippen LogP contribution in [-0.2, 0) is 30.4 Å². The van der Waals surface area contributed by atoms with Crippen LogP contribution in [0.4, 0.5) is 0 Å². The van der Waals surface area contributed by atoms with Crippen molar-refractivity contribution in [2.24, 2.45) is 0 Å². The highest BCUT2D eigenvalue weighted by atomic mass is 16.6. The van der Waals surface area contributed by atoms with Crippen molar-refractivity contribution in [3.05, 3.63) is 35.9 Å². The Bertz CT molecular complexity index is 457. The molecule has 2 rings (SSSR count). The van der Waals surface area contributed by atoms with E-state index in [-0.39, 0.29) is 18.0 Å². The van der Waals surface area contributed by atoms with Crippen LogP contribution in [0.1, 0.15) is 31.2 Å². The van der Waals surface area contributed by atoms with Gasteiger partial charge in [0.05, 0.1) is 6.61 Å². The van der Waals surface area contributed by atoms with E-state index in [0.717, 1.165) is 12.0 Å². The number of carbonyl (C=O) groups is 2. The zero-order valence-electron chi connectivity index (χ0n) is 12.0. The summed E-state index contributed by atoms with van der Waals surface area (Å²) in [7, 11) is 0.